The zero-order valence-corrected chi connectivity index (χ0v) is 17.1. The highest BCUT2D eigenvalue weighted by Gasteiger charge is 2.17. The number of carbonyl (C=O) groups excluding carboxylic acids is 1. The lowest BCUT2D eigenvalue weighted by Crippen LogP contribution is -2.34. The Labute approximate surface area is 168 Å². The molecule has 0 spiro atoms. The molecule has 28 heavy (non-hydrogen) atoms. The van der Waals surface area contributed by atoms with E-state index in [9.17, 15) is 4.79 Å². The molecule has 1 saturated heterocycles. The lowest BCUT2D eigenvalue weighted by Gasteiger charge is -2.33. The first-order valence-corrected chi connectivity index (χ1v) is 10.4. The van der Waals surface area contributed by atoms with Crippen LogP contribution < -0.4 is 15.0 Å². The van der Waals surface area contributed by atoms with E-state index in [4.69, 9.17) is 4.74 Å². The standard InChI is InChI=1S/C24H32N2O2/c1-19-8-6-16-26(18-19)22-14-12-21(13-15-22)20(2)25-24(27)11-7-17-28-23-9-4-3-5-10-23/h3-5,9-10,12-15,19-20H,6-8,11,16-18H2,1-2H3,(H,25,27). The van der Waals surface area contributed by atoms with Crippen LogP contribution >= 0.6 is 0 Å². The van der Waals surface area contributed by atoms with Crippen molar-refractivity contribution in [1.82, 2.24) is 5.32 Å². The third-order valence-electron chi connectivity index (χ3n) is 5.35. The molecule has 0 bridgehead atoms. The first-order chi connectivity index (χ1) is 13.6. The van der Waals surface area contributed by atoms with Crippen molar-refractivity contribution in [3.05, 3.63) is 60.2 Å². The number of ether oxygens (including phenoxy) is 1. The molecule has 4 nitrogen and oxygen atoms in total. The van der Waals surface area contributed by atoms with Gasteiger partial charge in [0.25, 0.3) is 0 Å². The second kappa shape index (κ2) is 10.2. The van der Waals surface area contributed by atoms with Crippen LogP contribution in [0.15, 0.2) is 54.6 Å². The van der Waals surface area contributed by atoms with Gasteiger partial charge >= 0.3 is 0 Å². The van der Waals surface area contributed by atoms with Gasteiger partial charge in [0.05, 0.1) is 12.6 Å². The minimum absolute atomic E-state index is 0.0110. The van der Waals surface area contributed by atoms with Crippen molar-refractivity contribution < 1.29 is 9.53 Å². The number of benzene rings is 2. The molecular weight excluding hydrogens is 348 g/mol. The Morgan fingerprint density at radius 2 is 1.93 bits per heavy atom. The van der Waals surface area contributed by atoms with Gasteiger partial charge in [0.2, 0.25) is 5.91 Å². The number of para-hydroxylation sites is 1. The normalized spacial score (nSPS) is 17.8. The van der Waals surface area contributed by atoms with Crippen molar-refractivity contribution in [2.45, 2.75) is 45.6 Å². The highest BCUT2D eigenvalue weighted by molar-refractivity contribution is 5.76. The summed E-state index contributed by atoms with van der Waals surface area (Å²) in [5.74, 6) is 1.68. The van der Waals surface area contributed by atoms with Crippen LogP contribution in [0.1, 0.15) is 51.1 Å². The molecule has 1 fully saturated rings. The van der Waals surface area contributed by atoms with Crippen LogP contribution in [0.2, 0.25) is 0 Å². The third-order valence-corrected chi connectivity index (χ3v) is 5.35. The molecule has 150 valence electrons. The van der Waals surface area contributed by atoms with Gasteiger partial charge in [-0.2, -0.15) is 0 Å². The van der Waals surface area contributed by atoms with Gasteiger partial charge in [0.15, 0.2) is 0 Å². The Kier molecular flexibility index (Phi) is 7.35. The molecule has 4 heteroatoms. The Morgan fingerprint density at radius 1 is 1.18 bits per heavy atom. The molecule has 1 aliphatic heterocycles. The van der Waals surface area contributed by atoms with Gasteiger partial charge in [-0.3, -0.25) is 4.79 Å². The fourth-order valence-corrected chi connectivity index (χ4v) is 3.73. The number of hydrogen-bond donors (Lipinski definition) is 1. The number of nitrogens with zero attached hydrogens (tertiary/aromatic N) is 1. The molecule has 1 aliphatic rings. The van der Waals surface area contributed by atoms with E-state index in [2.05, 4.69) is 41.4 Å². The van der Waals surface area contributed by atoms with Crippen LogP contribution in [0, 0.1) is 5.92 Å². The number of amides is 1. The Hall–Kier alpha value is -2.49. The van der Waals surface area contributed by atoms with E-state index in [1.165, 1.54) is 18.5 Å². The van der Waals surface area contributed by atoms with Crippen LogP contribution in [0.3, 0.4) is 0 Å². The summed E-state index contributed by atoms with van der Waals surface area (Å²) in [7, 11) is 0. The SMILES string of the molecule is CC1CCCN(c2ccc(C(C)NC(=O)CCCOc3ccccc3)cc2)C1. The predicted octanol–water partition coefficient (Wildman–Crippen LogP) is 4.96. The highest BCUT2D eigenvalue weighted by Crippen LogP contribution is 2.24. The molecule has 3 rings (SSSR count). The van der Waals surface area contributed by atoms with E-state index in [-0.39, 0.29) is 11.9 Å². The van der Waals surface area contributed by atoms with Gasteiger partial charge in [-0.05, 0) is 61.9 Å². The first kappa shape index (κ1) is 20.2. The topological polar surface area (TPSA) is 41.6 Å². The Bertz CT molecular complexity index is 730. The molecule has 2 atom stereocenters. The number of carbonyl (C=O) groups is 1. The van der Waals surface area contributed by atoms with E-state index >= 15 is 0 Å². The minimum Gasteiger partial charge on any atom is -0.494 e. The molecule has 0 aliphatic carbocycles. The van der Waals surface area contributed by atoms with Gasteiger partial charge in [-0.1, -0.05) is 37.3 Å². The van der Waals surface area contributed by atoms with Crippen molar-refractivity contribution in [1.29, 1.82) is 0 Å². The number of anilines is 1. The first-order valence-electron chi connectivity index (χ1n) is 10.4. The maximum absolute atomic E-state index is 12.2. The second-order valence-corrected chi connectivity index (χ2v) is 7.84. The highest BCUT2D eigenvalue weighted by atomic mass is 16.5. The summed E-state index contributed by atoms with van der Waals surface area (Å²) in [6, 6.07) is 18.4. The summed E-state index contributed by atoms with van der Waals surface area (Å²) in [6.45, 7) is 7.19. The summed E-state index contributed by atoms with van der Waals surface area (Å²) >= 11 is 0. The second-order valence-electron chi connectivity index (χ2n) is 7.84. The maximum atomic E-state index is 12.2. The molecule has 1 heterocycles. The lowest BCUT2D eigenvalue weighted by atomic mass is 9.99. The predicted molar refractivity (Wildman–Crippen MR) is 115 cm³/mol. The molecule has 1 N–H and O–H groups in total. The number of piperidine rings is 1. The van der Waals surface area contributed by atoms with Crippen LogP contribution in [-0.2, 0) is 4.79 Å². The molecule has 0 saturated carbocycles. The van der Waals surface area contributed by atoms with E-state index in [0.29, 0.717) is 19.4 Å². The molecule has 1 amide bonds. The molecule has 2 aromatic carbocycles. The zero-order chi connectivity index (χ0) is 19.8. The summed E-state index contributed by atoms with van der Waals surface area (Å²) in [6.07, 6.45) is 3.78. The molecule has 2 aromatic rings. The quantitative estimate of drug-likeness (QED) is 0.658. The largest absolute Gasteiger partial charge is 0.494 e. The van der Waals surface area contributed by atoms with Crippen LogP contribution in [0.25, 0.3) is 0 Å². The lowest BCUT2D eigenvalue weighted by molar-refractivity contribution is -0.121. The van der Waals surface area contributed by atoms with Crippen LogP contribution in [0.4, 0.5) is 5.69 Å². The summed E-state index contributed by atoms with van der Waals surface area (Å²) in [5, 5.41) is 3.09. The van der Waals surface area contributed by atoms with Crippen molar-refractivity contribution in [2.24, 2.45) is 5.92 Å². The number of hydrogen-bond acceptors (Lipinski definition) is 3. The molecular formula is C24H32N2O2. The van der Waals surface area contributed by atoms with E-state index in [0.717, 1.165) is 30.3 Å². The monoisotopic (exact) mass is 380 g/mol. The minimum atomic E-state index is 0.0110. The summed E-state index contributed by atoms with van der Waals surface area (Å²) < 4.78 is 5.64. The van der Waals surface area contributed by atoms with E-state index < -0.39 is 0 Å². The zero-order valence-electron chi connectivity index (χ0n) is 17.1. The van der Waals surface area contributed by atoms with Crippen LogP contribution in [-0.4, -0.2) is 25.6 Å². The average molecular weight is 381 g/mol. The van der Waals surface area contributed by atoms with Crippen molar-refractivity contribution in [2.75, 3.05) is 24.6 Å². The van der Waals surface area contributed by atoms with Gasteiger partial charge in [-0.25, -0.2) is 0 Å². The van der Waals surface area contributed by atoms with Gasteiger partial charge < -0.3 is 15.0 Å². The third kappa shape index (κ3) is 6.01. The van der Waals surface area contributed by atoms with Gasteiger partial charge in [0, 0.05) is 25.2 Å². The Balaban J connectivity index is 1.41. The summed E-state index contributed by atoms with van der Waals surface area (Å²) in [5.41, 5.74) is 2.43. The van der Waals surface area contributed by atoms with Crippen molar-refractivity contribution in [3.8, 4) is 5.75 Å². The fourth-order valence-electron chi connectivity index (χ4n) is 3.73. The Morgan fingerprint density at radius 3 is 2.64 bits per heavy atom. The van der Waals surface area contributed by atoms with Gasteiger partial charge in [0.1, 0.15) is 5.75 Å². The number of nitrogens with one attached hydrogen (secondary N) is 1. The number of rotatable bonds is 8. The molecule has 0 radical (unpaired) electrons. The molecule has 2 unspecified atom stereocenters. The van der Waals surface area contributed by atoms with Crippen LogP contribution in [0.5, 0.6) is 5.75 Å². The fraction of sp³-hybridized carbons (Fsp3) is 0.458. The molecule has 0 aromatic heterocycles. The van der Waals surface area contributed by atoms with E-state index in [1.807, 2.05) is 37.3 Å². The summed E-state index contributed by atoms with van der Waals surface area (Å²) in [4.78, 5) is 14.7. The van der Waals surface area contributed by atoms with Crippen molar-refractivity contribution >= 4 is 11.6 Å². The van der Waals surface area contributed by atoms with E-state index in [1.54, 1.807) is 0 Å². The maximum Gasteiger partial charge on any atom is 0.220 e. The smallest absolute Gasteiger partial charge is 0.220 e. The van der Waals surface area contributed by atoms with Crippen molar-refractivity contribution in [3.63, 3.8) is 0 Å². The van der Waals surface area contributed by atoms with Gasteiger partial charge in [-0.15, -0.1) is 0 Å². The average Bonchev–Trinajstić information content (AvgIpc) is 2.72.